The lowest BCUT2D eigenvalue weighted by Gasteiger charge is -2.56. The average molecular weight is 623 g/mol. The maximum absolute atomic E-state index is 13.2. The minimum absolute atomic E-state index is 0.230. The van der Waals surface area contributed by atoms with Crippen molar-refractivity contribution in [1.29, 1.82) is 0 Å². The smallest absolute Gasteiger partial charge is 0.342 e. The number of hydrogen-bond acceptors (Lipinski definition) is 14. The minimum Gasteiger partial charge on any atom is -0.459 e. The highest BCUT2D eigenvalue weighted by Gasteiger charge is 2.88. The minimum atomic E-state index is -2.12. The van der Waals surface area contributed by atoms with Crippen molar-refractivity contribution in [3.8, 4) is 0 Å². The Morgan fingerprint density at radius 1 is 0.795 bits per heavy atom. The first kappa shape index (κ1) is 33.1. The van der Waals surface area contributed by atoms with Crippen LogP contribution in [0.25, 0.3) is 0 Å². The summed E-state index contributed by atoms with van der Waals surface area (Å²) in [5, 5.41) is 12.3. The van der Waals surface area contributed by atoms with Crippen LogP contribution in [-0.4, -0.2) is 94.3 Å². The van der Waals surface area contributed by atoms with Gasteiger partial charge in [-0.25, -0.2) is 4.79 Å². The van der Waals surface area contributed by atoms with E-state index in [1.807, 2.05) is 0 Å². The number of esters is 6. The zero-order chi connectivity index (χ0) is 33.2. The number of epoxide rings is 1. The Kier molecular flexibility index (Phi) is 8.27. The van der Waals surface area contributed by atoms with E-state index in [1.54, 1.807) is 6.92 Å². The number of hydrogen-bond donors (Lipinski definition) is 1. The van der Waals surface area contributed by atoms with E-state index < -0.39 is 101 Å². The highest BCUT2D eigenvalue weighted by molar-refractivity contribution is 5.89. The molecule has 2 aliphatic heterocycles. The molecule has 2 heterocycles. The fraction of sp³-hybridized carbons (Fsp3) is 0.667. The molecule has 0 amide bonds. The van der Waals surface area contributed by atoms with Gasteiger partial charge in [-0.15, -0.1) is 0 Å². The highest BCUT2D eigenvalue weighted by atomic mass is 16.7. The van der Waals surface area contributed by atoms with Gasteiger partial charge in [-0.1, -0.05) is 13.0 Å². The van der Waals surface area contributed by atoms with Crippen molar-refractivity contribution >= 4 is 35.8 Å². The van der Waals surface area contributed by atoms with Gasteiger partial charge >= 0.3 is 35.8 Å². The molecule has 2 unspecified atom stereocenters. The van der Waals surface area contributed by atoms with Crippen LogP contribution in [0.4, 0.5) is 0 Å². The topological polar surface area (TPSA) is 191 Å². The molecule has 0 saturated carbocycles. The van der Waals surface area contributed by atoms with Crippen molar-refractivity contribution < 1.29 is 67.0 Å². The van der Waals surface area contributed by atoms with Gasteiger partial charge in [-0.05, 0) is 38.5 Å². The van der Waals surface area contributed by atoms with Crippen molar-refractivity contribution in [2.45, 2.75) is 116 Å². The van der Waals surface area contributed by atoms with Crippen LogP contribution in [0, 0.1) is 11.3 Å². The summed E-state index contributed by atoms with van der Waals surface area (Å²) in [6.45, 7) is 11.5. The summed E-state index contributed by atoms with van der Waals surface area (Å²) in [5.41, 5.74) is -6.96. The standard InChI is InChI=1S/C30H38O14/c1-13-12-20-30(29(9,44-30)26(36)43-20)25(42-18(6)35)23-27(7,11-10-19(28(23,8)37)38-14(2)31)24(41-17(5)34)22(40-16(4)33)21(13)39-15(3)32/h10-12,19-25,37H,1-9H3/b13-12-/t19-,20+,21?,22-,23-,24+,25?,27+,28-,29+,30+/m0/s1. The van der Waals surface area contributed by atoms with Gasteiger partial charge in [-0.3, -0.25) is 24.0 Å². The van der Waals surface area contributed by atoms with Gasteiger partial charge in [0.15, 0.2) is 35.6 Å². The van der Waals surface area contributed by atoms with Crippen LogP contribution in [-0.2, 0) is 61.9 Å². The van der Waals surface area contributed by atoms with Crippen LogP contribution in [0.5, 0.6) is 0 Å². The Morgan fingerprint density at radius 2 is 1.32 bits per heavy atom. The lowest BCUT2D eigenvalue weighted by Crippen LogP contribution is -2.69. The lowest BCUT2D eigenvalue weighted by atomic mass is 9.55. The first-order valence-electron chi connectivity index (χ1n) is 14.1. The molecule has 0 aromatic carbocycles. The van der Waals surface area contributed by atoms with Crippen molar-refractivity contribution in [3.63, 3.8) is 0 Å². The summed E-state index contributed by atoms with van der Waals surface area (Å²) in [5.74, 6) is -6.17. The molecule has 4 aliphatic rings. The SMILES string of the molecule is CC(=O)OC1/C(C)=C\[C@H]2OC(=O)[C@@]3(C)O[C@@]23C(OC(C)=O)[C@@H]2[C@@](C)(O)[C@@H](OC(C)=O)C=C[C@@]2(C)[C@H](OC(C)=O)[C@H]1OC(C)=O. The van der Waals surface area contributed by atoms with Crippen LogP contribution in [0.3, 0.4) is 0 Å². The molecule has 14 nitrogen and oxygen atoms in total. The van der Waals surface area contributed by atoms with Gasteiger partial charge in [0.2, 0.25) is 0 Å². The van der Waals surface area contributed by atoms with Gasteiger partial charge in [0.05, 0.1) is 0 Å². The monoisotopic (exact) mass is 622 g/mol. The number of fused-ring (bicyclic) bond motifs is 1. The molecule has 0 radical (unpaired) electrons. The number of aliphatic hydroxyl groups is 1. The van der Waals surface area contributed by atoms with E-state index in [-0.39, 0.29) is 5.57 Å². The van der Waals surface area contributed by atoms with Crippen LogP contribution in [0.1, 0.15) is 62.3 Å². The fourth-order valence-corrected chi connectivity index (χ4v) is 7.16. The molecule has 0 aromatic rings. The molecule has 1 N–H and O–H groups in total. The zero-order valence-electron chi connectivity index (χ0n) is 26.0. The largest absolute Gasteiger partial charge is 0.459 e. The molecule has 44 heavy (non-hydrogen) atoms. The molecular weight excluding hydrogens is 584 g/mol. The first-order chi connectivity index (χ1) is 20.2. The van der Waals surface area contributed by atoms with Crippen molar-refractivity contribution in [1.82, 2.24) is 0 Å². The Bertz CT molecular complexity index is 1350. The van der Waals surface area contributed by atoms with Crippen molar-refractivity contribution in [3.05, 3.63) is 23.8 Å². The molecule has 11 atom stereocenters. The molecule has 242 valence electrons. The Labute approximate surface area is 253 Å². The van der Waals surface area contributed by atoms with E-state index in [0.29, 0.717) is 0 Å². The van der Waals surface area contributed by atoms with E-state index in [9.17, 15) is 33.9 Å². The van der Waals surface area contributed by atoms with Crippen LogP contribution < -0.4 is 0 Å². The highest BCUT2D eigenvalue weighted by Crippen LogP contribution is 2.65. The second kappa shape index (κ2) is 11.0. The number of rotatable bonds is 5. The number of ether oxygens (including phenoxy) is 7. The van der Waals surface area contributed by atoms with E-state index in [1.165, 1.54) is 39.0 Å². The zero-order valence-corrected chi connectivity index (χ0v) is 26.0. The van der Waals surface area contributed by atoms with E-state index >= 15 is 0 Å². The normalized spacial score (nSPS) is 43.4. The molecule has 1 spiro atoms. The second-order valence-electron chi connectivity index (χ2n) is 12.3. The maximum atomic E-state index is 13.2. The maximum Gasteiger partial charge on any atom is 0.342 e. The molecular formula is C30H38O14. The van der Waals surface area contributed by atoms with Crippen LogP contribution in [0.2, 0.25) is 0 Å². The van der Waals surface area contributed by atoms with E-state index in [4.69, 9.17) is 33.2 Å². The third-order valence-electron chi connectivity index (χ3n) is 8.90. The number of carbonyl (C=O) groups is 6. The average Bonchev–Trinajstić information content (AvgIpc) is 3.46. The Hall–Kier alpha value is -3.78. The van der Waals surface area contributed by atoms with E-state index in [0.717, 1.165) is 34.6 Å². The third-order valence-corrected chi connectivity index (χ3v) is 8.90. The quantitative estimate of drug-likeness (QED) is 0.198. The van der Waals surface area contributed by atoms with Gasteiger partial charge in [-0.2, -0.15) is 0 Å². The van der Waals surface area contributed by atoms with E-state index in [2.05, 4.69) is 0 Å². The summed E-state index contributed by atoms with van der Waals surface area (Å²) >= 11 is 0. The summed E-state index contributed by atoms with van der Waals surface area (Å²) in [4.78, 5) is 75.7. The molecule has 4 rings (SSSR count). The third kappa shape index (κ3) is 5.17. The summed E-state index contributed by atoms with van der Waals surface area (Å²) < 4.78 is 40.4. The van der Waals surface area contributed by atoms with Crippen LogP contribution >= 0.6 is 0 Å². The summed E-state index contributed by atoms with van der Waals surface area (Å²) in [6, 6.07) is 0. The Balaban J connectivity index is 2.14. The fourth-order valence-electron chi connectivity index (χ4n) is 7.16. The predicted molar refractivity (Wildman–Crippen MR) is 145 cm³/mol. The number of carbonyl (C=O) groups excluding carboxylic acids is 6. The summed E-state index contributed by atoms with van der Waals surface area (Å²) in [6.07, 6.45) is -4.30. The molecule has 2 fully saturated rings. The molecule has 2 aliphatic carbocycles. The first-order valence-corrected chi connectivity index (χ1v) is 14.1. The Morgan fingerprint density at radius 3 is 1.82 bits per heavy atom. The van der Waals surface area contributed by atoms with Crippen molar-refractivity contribution in [2.75, 3.05) is 0 Å². The van der Waals surface area contributed by atoms with Crippen molar-refractivity contribution in [2.24, 2.45) is 11.3 Å². The second-order valence-corrected chi connectivity index (χ2v) is 12.3. The lowest BCUT2D eigenvalue weighted by molar-refractivity contribution is -0.233. The molecule has 2 saturated heterocycles. The predicted octanol–water partition coefficient (Wildman–Crippen LogP) is 1.00. The van der Waals surface area contributed by atoms with Gasteiger partial charge in [0.1, 0.15) is 17.8 Å². The molecule has 14 heteroatoms. The molecule has 0 aromatic heterocycles. The van der Waals surface area contributed by atoms with Gasteiger partial charge in [0.25, 0.3) is 0 Å². The summed E-state index contributed by atoms with van der Waals surface area (Å²) in [7, 11) is 0. The van der Waals surface area contributed by atoms with Crippen LogP contribution in [0.15, 0.2) is 23.8 Å². The van der Waals surface area contributed by atoms with Gasteiger partial charge in [0, 0.05) is 46.0 Å². The molecule has 0 bridgehead atoms. The van der Waals surface area contributed by atoms with Gasteiger partial charge < -0.3 is 38.3 Å².